The number of methoxy groups -OCH3 is 1. The zero-order chi connectivity index (χ0) is 22.0. The number of Topliss-reactive ketones (excluding diaryl/α,β-unsaturated/α-hetero) is 1. The van der Waals surface area contributed by atoms with Gasteiger partial charge in [0.1, 0.15) is 5.75 Å². The Balaban J connectivity index is 1.75. The molecule has 0 radical (unpaired) electrons. The van der Waals surface area contributed by atoms with Crippen LogP contribution in [0.5, 0.6) is 5.75 Å². The third-order valence-electron chi connectivity index (χ3n) is 5.24. The second kappa shape index (κ2) is 8.93. The Morgan fingerprint density at radius 3 is 2.58 bits per heavy atom. The minimum absolute atomic E-state index is 0.00647. The lowest BCUT2D eigenvalue weighted by atomic mass is 10.1. The molecular formula is C23H24N4O3S. The lowest BCUT2D eigenvalue weighted by molar-refractivity contribution is 0.0994. The molecule has 0 unspecified atom stereocenters. The van der Waals surface area contributed by atoms with E-state index in [2.05, 4.69) is 17.1 Å². The highest BCUT2D eigenvalue weighted by atomic mass is 32.2. The number of ketones is 1. The summed E-state index contributed by atoms with van der Waals surface area (Å²) in [4.78, 5) is 26.0. The van der Waals surface area contributed by atoms with Crippen LogP contribution in [0, 0.1) is 0 Å². The van der Waals surface area contributed by atoms with Gasteiger partial charge in [0, 0.05) is 12.1 Å². The van der Waals surface area contributed by atoms with Crippen LogP contribution < -0.4 is 10.3 Å². The van der Waals surface area contributed by atoms with Crippen molar-refractivity contribution in [1.82, 2.24) is 19.2 Å². The van der Waals surface area contributed by atoms with E-state index in [1.54, 1.807) is 35.9 Å². The lowest BCUT2D eigenvalue weighted by Crippen LogP contribution is -2.23. The third kappa shape index (κ3) is 3.95. The minimum atomic E-state index is -0.379. The summed E-state index contributed by atoms with van der Waals surface area (Å²) in [5.74, 6) is 1.20. The predicted octanol–water partition coefficient (Wildman–Crippen LogP) is 4.22. The number of nitrogens with zero attached hydrogens (tertiary/aromatic N) is 4. The van der Waals surface area contributed by atoms with Gasteiger partial charge in [-0.25, -0.2) is 0 Å². The molecule has 0 spiro atoms. The Morgan fingerprint density at radius 1 is 1.13 bits per heavy atom. The smallest absolute Gasteiger partial charge is 0.262 e. The van der Waals surface area contributed by atoms with Crippen molar-refractivity contribution in [1.29, 1.82) is 0 Å². The van der Waals surface area contributed by atoms with Crippen LogP contribution in [0.4, 0.5) is 0 Å². The third-order valence-corrected chi connectivity index (χ3v) is 6.28. The Hall–Kier alpha value is -3.13. The van der Waals surface area contributed by atoms with Gasteiger partial charge in [0.2, 0.25) is 5.78 Å². The largest absolute Gasteiger partial charge is 0.497 e. The van der Waals surface area contributed by atoms with Crippen LogP contribution in [0.3, 0.4) is 0 Å². The number of hydrogen-bond acceptors (Lipinski definition) is 6. The molecule has 0 aliphatic heterocycles. The molecular weight excluding hydrogens is 412 g/mol. The van der Waals surface area contributed by atoms with Gasteiger partial charge in [-0.1, -0.05) is 37.2 Å². The standard InChI is InChI=1S/C23H24N4O3S/c1-4-5-14-26-21(29)18-8-6-7-9-19(18)27-22(26)24-25-23(27)31-15(2)20(28)16-10-12-17(30-3)13-11-16/h6-13,15H,4-5,14H2,1-3H3/t15-/m0/s1. The van der Waals surface area contributed by atoms with Crippen molar-refractivity contribution in [3.8, 4) is 5.75 Å². The van der Waals surface area contributed by atoms with Gasteiger partial charge in [0.15, 0.2) is 10.9 Å². The van der Waals surface area contributed by atoms with E-state index < -0.39 is 0 Å². The molecule has 0 saturated carbocycles. The van der Waals surface area contributed by atoms with Gasteiger partial charge < -0.3 is 4.74 Å². The summed E-state index contributed by atoms with van der Waals surface area (Å²) in [6.45, 7) is 4.52. The van der Waals surface area contributed by atoms with Gasteiger partial charge in [-0.2, -0.15) is 0 Å². The van der Waals surface area contributed by atoms with E-state index in [1.807, 2.05) is 35.6 Å². The Morgan fingerprint density at radius 2 is 1.87 bits per heavy atom. The Labute approximate surface area is 184 Å². The fourth-order valence-corrected chi connectivity index (χ4v) is 4.46. The number of ether oxygens (including phenoxy) is 1. The summed E-state index contributed by atoms with van der Waals surface area (Å²) >= 11 is 1.34. The number of hydrogen-bond donors (Lipinski definition) is 0. The molecule has 4 rings (SSSR count). The van der Waals surface area contributed by atoms with Crippen molar-refractivity contribution in [2.45, 2.75) is 43.6 Å². The summed E-state index contributed by atoms with van der Waals surface area (Å²) in [7, 11) is 1.59. The topological polar surface area (TPSA) is 78.5 Å². The number of carbonyl (C=O) groups is 1. The minimum Gasteiger partial charge on any atom is -0.497 e. The first kappa shape index (κ1) is 21.1. The van der Waals surface area contributed by atoms with E-state index in [0.717, 1.165) is 18.4 Å². The van der Waals surface area contributed by atoms with Crippen LogP contribution in [0.2, 0.25) is 0 Å². The molecule has 31 heavy (non-hydrogen) atoms. The zero-order valence-corrected chi connectivity index (χ0v) is 18.6. The average Bonchev–Trinajstić information content (AvgIpc) is 3.22. The maximum absolute atomic E-state index is 13.0. The molecule has 2 heterocycles. The molecule has 2 aromatic carbocycles. The van der Waals surface area contributed by atoms with Gasteiger partial charge >= 0.3 is 0 Å². The zero-order valence-electron chi connectivity index (χ0n) is 17.7. The molecule has 1 atom stereocenters. The summed E-state index contributed by atoms with van der Waals surface area (Å²) in [5, 5.41) is 9.48. The molecule has 0 bridgehead atoms. The number of unbranched alkanes of at least 4 members (excludes halogenated alkanes) is 1. The van der Waals surface area contributed by atoms with Crippen LogP contribution in [0.15, 0.2) is 58.5 Å². The first-order chi connectivity index (χ1) is 15.0. The number of para-hydroxylation sites is 1. The van der Waals surface area contributed by atoms with Crippen LogP contribution in [-0.2, 0) is 6.54 Å². The van der Waals surface area contributed by atoms with E-state index in [9.17, 15) is 9.59 Å². The number of carbonyl (C=O) groups excluding carboxylic acids is 1. The Kier molecular flexibility index (Phi) is 6.08. The van der Waals surface area contributed by atoms with Gasteiger partial charge in [0.05, 0.1) is 23.3 Å². The fraction of sp³-hybridized carbons (Fsp3) is 0.304. The first-order valence-corrected chi connectivity index (χ1v) is 11.1. The van der Waals surface area contributed by atoms with E-state index in [-0.39, 0.29) is 16.6 Å². The lowest BCUT2D eigenvalue weighted by Gasteiger charge is -2.12. The maximum Gasteiger partial charge on any atom is 0.262 e. The molecule has 2 aromatic heterocycles. The highest BCUT2D eigenvalue weighted by Crippen LogP contribution is 2.27. The molecule has 0 aliphatic carbocycles. The van der Waals surface area contributed by atoms with Crippen molar-refractivity contribution < 1.29 is 9.53 Å². The molecule has 0 aliphatic rings. The summed E-state index contributed by atoms with van der Waals surface area (Å²) < 4.78 is 8.73. The Bertz CT molecular complexity index is 1290. The van der Waals surface area contributed by atoms with Gasteiger partial charge in [0.25, 0.3) is 5.56 Å². The monoisotopic (exact) mass is 436 g/mol. The van der Waals surface area contributed by atoms with E-state index in [4.69, 9.17) is 4.74 Å². The van der Waals surface area contributed by atoms with Crippen molar-refractivity contribution in [3.05, 3.63) is 64.4 Å². The molecule has 8 heteroatoms. The van der Waals surface area contributed by atoms with Gasteiger partial charge in [-0.05, 0) is 49.7 Å². The van der Waals surface area contributed by atoms with Crippen LogP contribution in [0.1, 0.15) is 37.0 Å². The van der Waals surface area contributed by atoms with E-state index in [1.165, 1.54) is 11.8 Å². The van der Waals surface area contributed by atoms with Crippen molar-refractivity contribution >= 4 is 34.2 Å². The summed E-state index contributed by atoms with van der Waals surface area (Å²) in [5.41, 5.74) is 1.29. The van der Waals surface area contributed by atoms with Crippen molar-refractivity contribution in [2.24, 2.45) is 0 Å². The normalized spacial score (nSPS) is 12.4. The predicted molar refractivity (Wildman–Crippen MR) is 122 cm³/mol. The highest BCUT2D eigenvalue weighted by Gasteiger charge is 2.22. The molecule has 7 nitrogen and oxygen atoms in total. The molecule has 0 amide bonds. The van der Waals surface area contributed by atoms with Crippen LogP contribution in [-0.4, -0.2) is 37.3 Å². The van der Waals surface area contributed by atoms with Crippen LogP contribution >= 0.6 is 11.8 Å². The number of benzene rings is 2. The fourth-order valence-electron chi connectivity index (χ4n) is 3.53. The van der Waals surface area contributed by atoms with E-state index >= 15 is 0 Å². The first-order valence-electron chi connectivity index (χ1n) is 10.3. The molecule has 0 fully saturated rings. The number of fused-ring (bicyclic) bond motifs is 3. The number of thioether (sulfide) groups is 1. The van der Waals surface area contributed by atoms with Crippen molar-refractivity contribution in [2.75, 3.05) is 7.11 Å². The SMILES string of the molecule is CCCCn1c(=O)c2ccccc2n2c(S[C@@H](C)C(=O)c3ccc(OC)cc3)nnc12. The summed E-state index contributed by atoms with van der Waals surface area (Å²) in [6, 6.07) is 14.5. The molecule has 4 aromatic rings. The van der Waals surface area contributed by atoms with Gasteiger partial charge in [-0.15, -0.1) is 10.2 Å². The van der Waals surface area contributed by atoms with Crippen molar-refractivity contribution in [3.63, 3.8) is 0 Å². The molecule has 160 valence electrons. The average molecular weight is 437 g/mol. The van der Waals surface area contributed by atoms with Crippen LogP contribution in [0.25, 0.3) is 16.7 Å². The summed E-state index contributed by atoms with van der Waals surface area (Å²) in [6.07, 6.45) is 1.84. The molecule has 0 N–H and O–H groups in total. The quantitative estimate of drug-likeness (QED) is 0.304. The maximum atomic E-state index is 13.0. The number of aryl methyl sites for hydroxylation is 1. The number of aromatic nitrogens is 4. The number of rotatable bonds is 8. The van der Waals surface area contributed by atoms with Gasteiger partial charge in [-0.3, -0.25) is 18.6 Å². The van der Waals surface area contributed by atoms with E-state index in [0.29, 0.717) is 34.2 Å². The highest BCUT2D eigenvalue weighted by molar-refractivity contribution is 8.00. The molecule has 0 saturated heterocycles. The second-order valence-corrected chi connectivity index (χ2v) is 8.61. The second-order valence-electron chi connectivity index (χ2n) is 7.30.